The van der Waals surface area contributed by atoms with E-state index >= 15 is 0 Å². The van der Waals surface area contributed by atoms with Crippen molar-refractivity contribution in [2.75, 3.05) is 10.1 Å². The number of hydrogen-bond acceptors (Lipinski definition) is 6. The third kappa shape index (κ3) is 2.58. The lowest BCUT2D eigenvalue weighted by Gasteiger charge is -2.10. The summed E-state index contributed by atoms with van der Waals surface area (Å²) < 4.78 is 24.9. The Balaban J connectivity index is 1.82. The zero-order valence-corrected chi connectivity index (χ0v) is 10.9. The molecule has 0 bridgehead atoms. The van der Waals surface area contributed by atoms with Gasteiger partial charge in [0.1, 0.15) is 18.2 Å². The van der Waals surface area contributed by atoms with Gasteiger partial charge in [0.05, 0.1) is 11.9 Å². The fourth-order valence-corrected chi connectivity index (χ4v) is 2.03. The molecule has 2 N–H and O–H groups in total. The van der Waals surface area contributed by atoms with Gasteiger partial charge in [-0.1, -0.05) is 0 Å². The Bertz CT molecular complexity index is 757. The number of aromatic nitrogens is 4. The Hall–Kier alpha value is -2.52. The summed E-state index contributed by atoms with van der Waals surface area (Å²) >= 11 is -2.33. The summed E-state index contributed by atoms with van der Waals surface area (Å²) in [5, 5.41) is 0. The minimum atomic E-state index is -2.33. The molecule has 20 heavy (non-hydrogen) atoms. The number of fused-ring (bicyclic) bond motifs is 1. The first-order chi connectivity index (χ1) is 9.72. The van der Waals surface area contributed by atoms with Crippen molar-refractivity contribution < 1.29 is 8.76 Å². The standard InChI is InChI=1S/C11H10N6O2S/c18-20(19)16-9-3-1-8(2-4-9)15-17-7-14-10-5-12-6-13-11(10)17/h1-7,15-16H,(H,18,19)/p-1. The highest BCUT2D eigenvalue weighted by molar-refractivity contribution is 7.80. The molecule has 9 heteroatoms. The van der Waals surface area contributed by atoms with Crippen LogP contribution in [0.5, 0.6) is 0 Å². The SMILES string of the molecule is O=S([O-])Nc1ccc(Nn2cnc3cncnc32)cc1. The van der Waals surface area contributed by atoms with E-state index in [0.717, 1.165) is 5.69 Å². The maximum absolute atomic E-state index is 10.5. The molecule has 0 radical (unpaired) electrons. The van der Waals surface area contributed by atoms with Crippen LogP contribution in [0.4, 0.5) is 11.4 Å². The van der Waals surface area contributed by atoms with Gasteiger partial charge in [0, 0.05) is 17.0 Å². The molecule has 1 unspecified atom stereocenters. The van der Waals surface area contributed by atoms with Crippen molar-refractivity contribution in [1.29, 1.82) is 0 Å². The Morgan fingerprint density at radius 3 is 2.65 bits per heavy atom. The molecule has 1 atom stereocenters. The van der Waals surface area contributed by atoms with E-state index in [-0.39, 0.29) is 0 Å². The van der Waals surface area contributed by atoms with Crippen molar-refractivity contribution in [3.05, 3.63) is 43.1 Å². The van der Waals surface area contributed by atoms with Crippen LogP contribution in [0.2, 0.25) is 0 Å². The maximum Gasteiger partial charge on any atom is 0.182 e. The number of nitrogens with one attached hydrogen (secondary N) is 2. The van der Waals surface area contributed by atoms with E-state index in [9.17, 15) is 8.76 Å². The fourth-order valence-electron chi connectivity index (χ4n) is 1.70. The van der Waals surface area contributed by atoms with Crippen LogP contribution in [0.3, 0.4) is 0 Å². The topological polar surface area (TPSA) is 108 Å². The molecule has 3 rings (SSSR count). The van der Waals surface area contributed by atoms with Crippen molar-refractivity contribution in [3.63, 3.8) is 0 Å². The second kappa shape index (κ2) is 5.23. The van der Waals surface area contributed by atoms with Crippen LogP contribution in [0.15, 0.2) is 43.1 Å². The third-order valence-electron chi connectivity index (χ3n) is 2.55. The van der Waals surface area contributed by atoms with E-state index in [1.54, 1.807) is 41.5 Å². The lowest BCUT2D eigenvalue weighted by Crippen LogP contribution is -2.08. The number of rotatable bonds is 4. The average molecular weight is 289 g/mol. The minimum Gasteiger partial charge on any atom is -0.755 e. The molecule has 3 aromatic rings. The quantitative estimate of drug-likeness (QED) is 0.691. The summed E-state index contributed by atoms with van der Waals surface area (Å²) in [4.78, 5) is 12.2. The molecule has 2 heterocycles. The second-order valence-corrected chi connectivity index (χ2v) is 4.55. The van der Waals surface area contributed by atoms with Crippen molar-refractivity contribution in [2.45, 2.75) is 0 Å². The van der Waals surface area contributed by atoms with Gasteiger partial charge in [0.2, 0.25) is 0 Å². The largest absolute Gasteiger partial charge is 0.755 e. The summed E-state index contributed by atoms with van der Waals surface area (Å²) in [5.74, 6) is 0. The van der Waals surface area contributed by atoms with E-state index in [4.69, 9.17) is 0 Å². The predicted octanol–water partition coefficient (Wildman–Crippen LogP) is 0.907. The van der Waals surface area contributed by atoms with Gasteiger partial charge >= 0.3 is 0 Å². The molecule has 102 valence electrons. The lowest BCUT2D eigenvalue weighted by atomic mass is 10.3. The van der Waals surface area contributed by atoms with Gasteiger partial charge in [0.15, 0.2) is 5.65 Å². The van der Waals surface area contributed by atoms with Gasteiger partial charge < -0.3 is 9.27 Å². The molecule has 0 amide bonds. The molecule has 0 saturated heterocycles. The Morgan fingerprint density at radius 1 is 1.15 bits per heavy atom. The lowest BCUT2D eigenvalue weighted by molar-refractivity contribution is 0.542. The third-order valence-corrected chi connectivity index (χ3v) is 2.95. The van der Waals surface area contributed by atoms with Crippen molar-refractivity contribution in [2.24, 2.45) is 0 Å². The Labute approximate surface area is 116 Å². The molecule has 0 aliphatic rings. The summed E-state index contributed by atoms with van der Waals surface area (Å²) in [7, 11) is 0. The highest BCUT2D eigenvalue weighted by Gasteiger charge is 2.03. The van der Waals surface area contributed by atoms with Gasteiger partial charge in [-0.05, 0) is 24.3 Å². The highest BCUT2D eigenvalue weighted by Crippen LogP contribution is 2.15. The van der Waals surface area contributed by atoms with E-state index in [1.807, 2.05) is 0 Å². The van der Waals surface area contributed by atoms with Crippen molar-refractivity contribution >= 4 is 33.8 Å². The minimum absolute atomic E-state index is 0.488. The van der Waals surface area contributed by atoms with Gasteiger partial charge in [-0.3, -0.25) is 9.63 Å². The van der Waals surface area contributed by atoms with Crippen LogP contribution in [0.25, 0.3) is 11.2 Å². The van der Waals surface area contributed by atoms with E-state index < -0.39 is 11.3 Å². The fraction of sp³-hybridized carbons (Fsp3) is 0. The van der Waals surface area contributed by atoms with Crippen LogP contribution in [0, 0.1) is 0 Å². The van der Waals surface area contributed by atoms with E-state index in [0.29, 0.717) is 16.9 Å². The highest BCUT2D eigenvalue weighted by atomic mass is 32.2. The summed E-state index contributed by atoms with van der Waals surface area (Å²) in [6.07, 6.45) is 4.66. The summed E-state index contributed by atoms with van der Waals surface area (Å²) in [5.41, 5.74) is 5.68. The van der Waals surface area contributed by atoms with E-state index in [2.05, 4.69) is 25.1 Å². The van der Waals surface area contributed by atoms with Gasteiger partial charge in [0.25, 0.3) is 0 Å². The maximum atomic E-state index is 10.5. The van der Waals surface area contributed by atoms with Gasteiger partial charge in [-0.2, -0.15) is 0 Å². The predicted molar refractivity (Wildman–Crippen MR) is 73.3 cm³/mol. The molecule has 0 aliphatic heterocycles. The van der Waals surface area contributed by atoms with Gasteiger partial charge in [-0.15, -0.1) is 0 Å². The van der Waals surface area contributed by atoms with Crippen LogP contribution in [-0.2, 0) is 11.3 Å². The molecular weight excluding hydrogens is 280 g/mol. The molecule has 0 spiro atoms. The number of hydrogen-bond donors (Lipinski definition) is 2. The molecule has 0 fully saturated rings. The monoisotopic (exact) mass is 289 g/mol. The van der Waals surface area contributed by atoms with E-state index in [1.165, 1.54) is 6.33 Å². The second-order valence-electron chi connectivity index (χ2n) is 3.87. The molecule has 1 aromatic carbocycles. The number of benzene rings is 1. The molecule has 0 saturated carbocycles. The van der Waals surface area contributed by atoms with Crippen LogP contribution in [0.1, 0.15) is 0 Å². The zero-order chi connectivity index (χ0) is 13.9. The number of imidazole rings is 1. The van der Waals surface area contributed by atoms with Crippen LogP contribution in [-0.4, -0.2) is 28.4 Å². The van der Waals surface area contributed by atoms with Crippen molar-refractivity contribution in [3.8, 4) is 0 Å². The van der Waals surface area contributed by atoms with Crippen LogP contribution >= 0.6 is 0 Å². The first-order valence-electron chi connectivity index (χ1n) is 5.58. The Kier molecular flexibility index (Phi) is 3.27. The molecule has 0 aliphatic carbocycles. The first kappa shape index (κ1) is 12.5. The smallest absolute Gasteiger partial charge is 0.182 e. The molecule has 8 nitrogen and oxygen atoms in total. The summed E-state index contributed by atoms with van der Waals surface area (Å²) in [6.45, 7) is 0. The normalized spacial score (nSPS) is 12.2. The average Bonchev–Trinajstić information content (AvgIpc) is 2.84. The number of anilines is 2. The van der Waals surface area contributed by atoms with Crippen molar-refractivity contribution in [1.82, 2.24) is 19.6 Å². The molecular formula is C11H9N6O2S-. The first-order valence-corrected chi connectivity index (χ1v) is 6.66. The van der Waals surface area contributed by atoms with Gasteiger partial charge in [-0.25, -0.2) is 19.6 Å². The summed E-state index contributed by atoms with van der Waals surface area (Å²) in [6, 6.07) is 6.77. The zero-order valence-electron chi connectivity index (χ0n) is 10.1. The van der Waals surface area contributed by atoms with Crippen LogP contribution < -0.4 is 10.1 Å². The number of nitrogens with zero attached hydrogens (tertiary/aromatic N) is 4. The molecule has 2 aromatic heterocycles. The Morgan fingerprint density at radius 2 is 1.90 bits per heavy atom.